The molecule has 6 nitrogen and oxygen atoms in total. The molecule has 0 radical (unpaired) electrons. The second kappa shape index (κ2) is 8.08. The number of nitrogens with zero attached hydrogens (tertiary/aromatic N) is 3. The smallest absolute Gasteiger partial charge is 0.247 e. The van der Waals surface area contributed by atoms with Crippen molar-refractivity contribution in [2.45, 2.75) is 57.5 Å². The number of rotatable bonds is 6. The largest absolute Gasteiger partial charge is 0.419 e. The molecule has 0 unspecified atom stereocenters. The minimum atomic E-state index is -3.71. The predicted molar refractivity (Wildman–Crippen MR) is 113 cm³/mol. The van der Waals surface area contributed by atoms with Crippen molar-refractivity contribution in [3.8, 4) is 11.5 Å². The molecule has 0 aliphatic rings. The molecular formula is C22H27N3O3S. The van der Waals surface area contributed by atoms with Crippen LogP contribution in [0.3, 0.4) is 0 Å². The summed E-state index contributed by atoms with van der Waals surface area (Å²) in [4.78, 5) is 0.252. The highest BCUT2D eigenvalue weighted by Gasteiger charge is 2.29. The van der Waals surface area contributed by atoms with Crippen LogP contribution in [0.2, 0.25) is 0 Å². The van der Waals surface area contributed by atoms with E-state index in [0.29, 0.717) is 5.89 Å². The van der Waals surface area contributed by atoms with Gasteiger partial charge >= 0.3 is 0 Å². The van der Waals surface area contributed by atoms with Gasteiger partial charge in [-0.05, 0) is 49.1 Å². The van der Waals surface area contributed by atoms with Crippen LogP contribution in [0.25, 0.3) is 11.5 Å². The zero-order valence-electron chi connectivity index (χ0n) is 17.5. The second-order valence-electron chi connectivity index (χ2n) is 8.29. The van der Waals surface area contributed by atoms with Gasteiger partial charge in [0.1, 0.15) is 0 Å². The van der Waals surface area contributed by atoms with Crippen LogP contribution in [0.4, 0.5) is 0 Å². The van der Waals surface area contributed by atoms with Crippen LogP contribution in [0, 0.1) is 0 Å². The Kier molecular flexibility index (Phi) is 5.91. The number of aromatic nitrogens is 2. The minimum Gasteiger partial charge on any atom is -0.419 e. The van der Waals surface area contributed by atoms with Crippen molar-refractivity contribution in [2.75, 3.05) is 0 Å². The molecule has 29 heavy (non-hydrogen) atoms. The first kappa shape index (κ1) is 21.2. The van der Waals surface area contributed by atoms with Crippen LogP contribution >= 0.6 is 0 Å². The summed E-state index contributed by atoms with van der Waals surface area (Å²) in [5.41, 5.74) is 1.83. The van der Waals surface area contributed by atoms with E-state index >= 15 is 0 Å². The molecular weight excluding hydrogens is 386 g/mol. The lowest BCUT2D eigenvalue weighted by Crippen LogP contribution is -2.36. The van der Waals surface area contributed by atoms with Crippen molar-refractivity contribution in [1.29, 1.82) is 0 Å². The molecule has 3 rings (SSSR count). The third kappa shape index (κ3) is 4.74. The first-order valence-corrected chi connectivity index (χ1v) is 11.0. The molecule has 1 aromatic heterocycles. The van der Waals surface area contributed by atoms with E-state index in [1.54, 1.807) is 12.1 Å². The van der Waals surface area contributed by atoms with Gasteiger partial charge in [-0.2, -0.15) is 4.31 Å². The van der Waals surface area contributed by atoms with Gasteiger partial charge in [-0.1, -0.05) is 51.1 Å². The van der Waals surface area contributed by atoms with Crippen molar-refractivity contribution in [3.05, 3.63) is 66.1 Å². The van der Waals surface area contributed by atoms with Crippen molar-refractivity contribution in [1.82, 2.24) is 14.5 Å². The zero-order valence-corrected chi connectivity index (χ0v) is 18.3. The topological polar surface area (TPSA) is 76.3 Å². The summed E-state index contributed by atoms with van der Waals surface area (Å²) in [6.45, 7) is 9.95. The summed E-state index contributed by atoms with van der Waals surface area (Å²) in [5, 5.41) is 8.10. The molecule has 3 aromatic rings. The zero-order chi connectivity index (χ0) is 21.2. The molecule has 0 aliphatic heterocycles. The lowest BCUT2D eigenvalue weighted by atomic mass is 9.87. The van der Waals surface area contributed by atoms with Crippen LogP contribution < -0.4 is 0 Å². The van der Waals surface area contributed by atoms with Gasteiger partial charge in [-0.3, -0.25) is 0 Å². The summed E-state index contributed by atoms with van der Waals surface area (Å²) in [5.74, 6) is 0.628. The highest BCUT2D eigenvalue weighted by molar-refractivity contribution is 7.89. The van der Waals surface area contributed by atoms with Crippen molar-refractivity contribution in [3.63, 3.8) is 0 Å². The van der Waals surface area contributed by atoms with Gasteiger partial charge < -0.3 is 4.42 Å². The van der Waals surface area contributed by atoms with Crippen LogP contribution in [-0.2, 0) is 22.0 Å². The first-order valence-electron chi connectivity index (χ1n) is 9.59. The number of sulfonamides is 1. The van der Waals surface area contributed by atoms with E-state index in [4.69, 9.17) is 4.42 Å². The Labute approximate surface area is 172 Å². The summed E-state index contributed by atoms with van der Waals surface area (Å²) in [7, 11) is -3.71. The van der Waals surface area contributed by atoms with Crippen LogP contribution in [-0.4, -0.2) is 29.0 Å². The van der Waals surface area contributed by atoms with E-state index < -0.39 is 10.0 Å². The SMILES string of the molecule is CC(C)N(Cc1nnc(-c2ccccc2)o1)S(=O)(=O)c1ccc(C(C)(C)C)cc1. The third-order valence-electron chi connectivity index (χ3n) is 4.68. The van der Waals surface area contributed by atoms with E-state index in [0.717, 1.165) is 11.1 Å². The van der Waals surface area contributed by atoms with Gasteiger partial charge in [0.25, 0.3) is 0 Å². The molecule has 0 saturated carbocycles. The fraction of sp³-hybridized carbons (Fsp3) is 0.364. The maximum absolute atomic E-state index is 13.3. The molecule has 2 aromatic carbocycles. The Bertz CT molecular complexity index is 1050. The molecule has 0 spiro atoms. The Morgan fingerprint density at radius 1 is 0.966 bits per heavy atom. The average Bonchev–Trinajstić information content (AvgIpc) is 3.15. The predicted octanol–water partition coefficient (Wildman–Crippen LogP) is 4.63. The summed E-state index contributed by atoms with van der Waals surface area (Å²) >= 11 is 0. The van der Waals surface area contributed by atoms with Crippen molar-refractivity contribution in [2.24, 2.45) is 0 Å². The fourth-order valence-corrected chi connectivity index (χ4v) is 4.54. The van der Waals surface area contributed by atoms with Crippen LogP contribution in [0.15, 0.2) is 63.9 Å². The monoisotopic (exact) mass is 413 g/mol. The molecule has 0 N–H and O–H groups in total. The summed E-state index contributed by atoms with van der Waals surface area (Å²) in [6, 6.07) is 16.2. The minimum absolute atomic E-state index is 0.0147. The maximum Gasteiger partial charge on any atom is 0.247 e. The van der Waals surface area contributed by atoms with E-state index in [1.165, 1.54) is 4.31 Å². The molecule has 1 heterocycles. The van der Waals surface area contributed by atoms with Gasteiger partial charge in [0.2, 0.25) is 21.8 Å². The van der Waals surface area contributed by atoms with E-state index in [-0.39, 0.29) is 28.8 Å². The van der Waals surface area contributed by atoms with Gasteiger partial charge in [-0.15, -0.1) is 10.2 Å². The molecule has 0 saturated heterocycles. The average molecular weight is 414 g/mol. The van der Waals surface area contributed by atoms with E-state index in [1.807, 2.05) is 56.3 Å². The molecule has 0 atom stereocenters. The Morgan fingerprint density at radius 2 is 1.59 bits per heavy atom. The van der Waals surface area contributed by atoms with Gasteiger partial charge in [0.05, 0.1) is 11.4 Å². The van der Waals surface area contributed by atoms with Crippen molar-refractivity contribution < 1.29 is 12.8 Å². The lowest BCUT2D eigenvalue weighted by molar-refractivity contribution is 0.313. The summed E-state index contributed by atoms with van der Waals surface area (Å²) in [6.07, 6.45) is 0. The molecule has 0 aliphatic carbocycles. The lowest BCUT2D eigenvalue weighted by Gasteiger charge is -2.25. The molecule has 0 amide bonds. The number of hydrogen-bond donors (Lipinski definition) is 0. The quantitative estimate of drug-likeness (QED) is 0.589. The molecule has 7 heteroatoms. The van der Waals surface area contributed by atoms with Crippen LogP contribution in [0.1, 0.15) is 46.1 Å². The van der Waals surface area contributed by atoms with Gasteiger partial charge in [-0.25, -0.2) is 8.42 Å². The molecule has 154 valence electrons. The van der Waals surface area contributed by atoms with Gasteiger partial charge in [0, 0.05) is 11.6 Å². The van der Waals surface area contributed by atoms with Gasteiger partial charge in [0.15, 0.2) is 0 Å². The summed E-state index contributed by atoms with van der Waals surface area (Å²) < 4.78 is 33.6. The highest BCUT2D eigenvalue weighted by atomic mass is 32.2. The highest BCUT2D eigenvalue weighted by Crippen LogP contribution is 2.26. The Balaban J connectivity index is 1.87. The van der Waals surface area contributed by atoms with E-state index in [2.05, 4.69) is 31.0 Å². The number of hydrogen-bond acceptors (Lipinski definition) is 5. The Morgan fingerprint density at radius 3 is 2.14 bits per heavy atom. The fourth-order valence-electron chi connectivity index (χ4n) is 2.96. The van der Waals surface area contributed by atoms with E-state index in [9.17, 15) is 8.42 Å². The Hall–Kier alpha value is -2.51. The maximum atomic E-state index is 13.3. The first-order chi connectivity index (χ1) is 13.6. The molecule has 0 bridgehead atoms. The third-order valence-corrected chi connectivity index (χ3v) is 6.72. The normalized spacial score (nSPS) is 12.7. The number of benzene rings is 2. The van der Waals surface area contributed by atoms with Crippen molar-refractivity contribution >= 4 is 10.0 Å². The molecule has 0 fully saturated rings. The second-order valence-corrected chi connectivity index (χ2v) is 10.2. The standard InChI is InChI=1S/C22H27N3O3S/c1-16(2)25(15-20-23-24-21(28-20)17-9-7-6-8-10-17)29(26,27)19-13-11-18(12-14-19)22(3,4)5/h6-14,16H,15H2,1-5H3. The van der Waals surface area contributed by atoms with Crippen LogP contribution in [0.5, 0.6) is 0 Å².